The first kappa shape index (κ1) is 13.8. The van der Waals surface area contributed by atoms with Gasteiger partial charge in [-0.2, -0.15) is 0 Å². The molecule has 0 aliphatic carbocycles. The molecule has 0 aliphatic heterocycles. The van der Waals surface area contributed by atoms with E-state index in [0.717, 1.165) is 6.42 Å². The van der Waals surface area contributed by atoms with Crippen LogP contribution in [0.5, 0.6) is 0 Å². The minimum atomic E-state index is -0.470. The zero-order valence-electron chi connectivity index (χ0n) is 11.2. The fourth-order valence-electron chi connectivity index (χ4n) is 1.95. The molecule has 20 heavy (non-hydrogen) atoms. The van der Waals surface area contributed by atoms with Crippen LogP contribution in [0.1, 0.15) is 11.1 Å². The predicted molar refractivity (Wildman–Crippen MR) is 78.7 cm³/mol. The highest BCUT2D eigenvalue weighted by molar-refractivity contribution is 5.59. The van der Waals surface area contributed by atoms with Gasteiger partial charge in [0.05, 0.1) is 4.92 Å². The second-order valence-electron chi connectivity index (χ2n) is 4.46. The number of pyridine rings is 1. The molecule has 1 heterocycles. The van der Waals surface area contributed by atoms with Crippen LogP contribution in [-0.4, -0.2) is 16.5 Å². The quantitative estimate of drug-likeness (QED) is 0.644. The van der Waals surface area contributed by atoms with E-state index in [0.29, 0.717) is 6.54 Å². The van der Waals surface area contributed by atoms with E-state index in [4.69, 9.17) is 5.73 Å². The topological polar surface area (TPSA) is 94.1 Å². The van der Waals surface area contributed by atoms with E-state index in [2.05, 4.69) is 10.3 Å². The fourth-order valence-corrected chi connectivity index (χ4v) is 1.95. The van der Waals surface area contributed by atoms with Gasteiger partial charge in [-0.15, -0.1) is 0 Å². The zero-order chi connectivity index (χ0) is 14.5. The van der Waals surface area contributed by atoms with E-state index in [9.17, 15) is 10.1 Å². The lowest BCUT2D eigenvalue weighted by atomic mass is 10.1. The highest BCUT2D eigenvalue weighted by Crippen LogP contribution is 2.22. The van der Waals surface area contributed by atoms with Crippen LogP contribution in [0.2, 0.25) is 0 Å². The van der Waals surface area contributed by atoms with E-state index >= 15 is 0 Å². The summed E-state index contributed by atoms with van der Waals surface area (Å²) in [5, 5.41) is 13.9. The molecule has 0 amide bonds. The van der Waals surface area contributed by atoms with E-state index in [1.165, 1.54) is 23.3 Å². The molecule has 0 aliphatic rings. The number of nitrogen functional groups attached to an aromatic ring is 1. The van der Waals surface area contributed by atoms with Crippen molar-refractivity contribution >= 4 is 17.3 Å². The predicted octanol–water partition coefficient (Wildman–Crippen LogP) is 2.54. The number of hydrogen-bond acceptors (Lipinski definition) is 5. The van der Waals surface area contributed by atoms with E-state index in [1.54, 1.807) is 0 Å². The van der Waals surface area contributed by atoms with Crippen molar-refractivity contribution < 1.29 is 4.92 Å². The van der Waals surface area contributed by atoms with Crippen molar-refractivity contribution in [1.82, 2.24) is 4.98 Å². The lowest BCUT2D eigenvalue weighted by molar-refractivity contribution is -0.384. The van der Waals surface area contributed by atoms with E-state index < -0.39 is 4.92 Å². The summed E-state index contributed by atoms with van der Waals surface area (Å²) in [5.74, 6) is 0.470. The van der Waals surface area contributed by atoms with Gasteiger partial charge in [0.15, 0.2) is 0 Å². The number of anilines is 2. The number of nitrogens with two attached hydrogens (primary N) is 1. The third kappa shape index (κ3) is 3.23. The third-order valence-electron chi connectivity index (χ3n) is 3.04. The second kappa shape index (κ2) is 6.01. The SMILES string of the molecule is Cc1ccccc1CCNc1nc(N)ccc1[N+](=O)[O-]. The van der Waals surface area contributed by atoms with E-state index in [1.807, 2.05) is 31.2 Å². The minimum Gasteiger partial charge on any atom is -0.384 e. The van der Waals surface area contributed by atoms with Gasteiger partial charge in [-0.1, -0.05) is 24.3 Å². The molecular formula is C14H16N4O2. The Labute approximate surface area is 116 Å². The molecule has 6 heteroatoms. The average Bonchev–Trinajstić information content (AvgIpc) is 2.41. The maximum Gasteiger partial charge on any atom is 0.311 e. The van der Waals surface area contributed by atoms with Crippen LogP contribution >= 0.6 is 0 Å². The number of benzene rings is 1. The van der Waals surface area contributed by atoms with Gasteiger partial charge in [0.25, 0.3) is 0 Å². The van der Waals surface area contributed by atoms with Gasteiger partial charge in [0.1, 0.15) is 5.82 Å². The number of nitrogens with one attached hydrogen (secondary N) is 1. The molecule has 0 unspecified atom stereocenters. The van der Waals surface area contributed by atoms with Crippen molar-refractivity contribution in [3.8, 4) is 0 Å². The molecule has 0 saturated heterocycles. The molecule has 6 nitrogen and oxygen atoms in total. The van der Waals surface area contributed by atoms with Crippen molar-refractivity contribution in [2.45, 2.75) is 13.3 Å². The van der Waals surface area contributed by atoms with Gasteiger partial charge in [-0.25, -0.2) is 4.98 Å². The smallest absolute Gasteiger partial charge is 0.311 e. The molecule has 0 bridgehead atoms. The number of aryl methyl sites for hydroxylation is 1. The van der Waals surface area contributed by atoms with Crippen LogP contribution < -0.4 is 11.1 Å². The summed E-state index contributed by atoms with van der Waals surface area (Å²) < 4.78 is 0. The molecule has 0 spiro atoms. The molecule has 1 aromatic heterocycles. The first-order chi connectivity index (χ1) is 9.58. The minimum absolute atomic E-state index is 0.0658. The van der Waals surface area contributed by atoms with Gasteiger partial charge in [0.2, 0.25) is 5.82 Å². The van der Waals surface area contributed by atoms with Crippen molar-refractivity contribution in [2.75, 3.05) is 17.6 Å². The number of nitro groups is 1. The van der Waals surface area contributed by atoms with Crippen LogP contribution in [-0.2, 0) is 6.42 Å². The Morgan fingerprint density at radius 2 is 2.05 bits per heavy atom. The summed E-state index contributed by atoms with van der Waals surface area (Å²) in [6, 6.07) is 10.8. The summed E-state index contributed by atoms with van der Waals surface area (Å²) in [5.41, 5.74) is 7.89. The first-order valence-electron chi connectivity index (χ1n) is 6.27. The molecule has 0 radical (unpaired) electrons. The van der Waals surface area contributed by atoms with Crippen LogP contribution in [0.3, 0.4) is 0 Å². The molecule has 2 aromatic rings. The maximum atomic E-state index is 10.9. The van der Waals surface area contributed by atoms with Gasteiger partial charge in [-0.3, -0.25) is 10.1 Å². The lowest BCUT2D eigenvalue weighted by Gasteiger charge is -2.08. The Hall–Kier alpha value is -2.63. The number of hydrogen-bond donors (Lipinski definition) is 2. The van der Waals surface area contributed by atoms with Gasteiger partial charge < -0.3 is 11.1 Å². The van der Waals surface area contributed by atoms with Crippen molar-refractivity contribution in [3.05, 3.63) is 57.6 Å². The molecule has 2 rings (SSSR count). The third-order valence-corrected chi connectivity index (χ3v) is 3.04. The monoisotopic (exact) mass is 272 g/mol. The Balaban J connectivity index is 2.06. The summed E-state index contributed by atoms with van der Waals surface area (Å²) >= 11 is 0. The zero-order valence-corrected chi connectivity index (χ0v) is 11.2. The van der Waals surface area contributed by atoms with E-state index in [-0.39, 0.29) is 17.3 Å². The van der Waals surface area contributed by atoms with Gasteiger partial charge in [0, 0.05) is 12.6 Å². The largest absolute Gasteiger partial charge is 0.384 e. The standard InChI is InChI=1S/C14H16N4O2/c1-10-4-2-3-5-11(10)8-9-16-14-12(18(19)20)6-7-13(15)17-14/h2-7H,8-9H2,1H3,(H3,15,16,17). The Kier molecular flexibility index (Phi) is 4.14. The normalized spacial score (nSPS) is 10.2. The highest BCUT2D eigenvalue weighted by Gasteiger charge is 2.14. The average molecular weight is 272 g/mol. The Morgan fingerprint density at radius 3 is 2.75 bits per heavy atom. The molecule has 104 valence electrons. The number of aromatic nitrogens is 1. The molecule has 0 fully saturated rings. The molecule has 0 atom stereocenters. The Bertz CT molecular complexity index is 628. The summed E-state index contributed by atoms with van der Waals surface area (Å²) in [4.78, 5) is 14.4. The molecule has 0 saturated carbocycles. The van der Waals surface area contributed by atoms with Crippen LogP contribution in [0.15, 0.2) is 36.4 Å². The van der Waals surface area contributed by atoms with Crippen LogP contribution in [0.4, 0.5) is 17.3 Å². The summed E-state index contributed by atoms with van der Waals surface area (Å²) in [6.07, 6.45) is 0.764. The summed E-state index contributed by atoms with van der Waals surface area (Å²) in [7, 11) is 0. The van der Waals surface area contributed by atoms with Gasteiger partial charge in [-0.05, 0) is 30.5 Å². The van der Waals surface area contributed by atoms with Crippen molar-refractivity contribution in [3.63, 3.8) is 0 Å². The maximum absolute atomic E-state index is 10.9. The first-order valence-corrected chi connectivity index (χ1v) is 6.27. The number of nitrogens with zero attached hydrogens (tertiary/aromatic N) is 2. The fraction of sp³-hybridized carbons (Fsp3) is 0.214. The van der Waals surface area contributed by atoms with Crippen molar-refractivity contribution in [1.29, 1.82) is 0 Å². The second-order valence-corrected chi connectivity index (χ2v) is 4.46. The van der Waals surface area contributed by atoms with Crippen LogP contribution in [0, 0.1) is 17.0 Å². The lowest BCUT2D eigenvalue weighted by Crippen LogP contribution is -2.10. The van der Waals surface area contributed by atoms with Crippen LogP contribution in [0.25, 0.3) is 0 Å². The number of rotatable bonds is 5. The summed E-state index contributed by atoms with van der Waals surface area (Å²) in [6.45, 7) is 2.60. The molecular weight excluding hydrogens is 256 g/mol. The highest BCUT2D eigenvalue weighted by atomic mass is 16.6. The Morgan fingerprint density at radius 1 is 1.30 bits per heavy atom. The van der Waals surface area contributed by atoms with Gasteiger partial charge >= 0.3 is 5.69 Å². The molecule has 1 aromatic carbocycles. The van der Waals surface area contributed by atoms with Crippen molar-refractivity contribution in [2.24, 2.45) is 0 Å². The molecule has 3 N–H and O–H groups in total.